The highest BCUT2D eigenvalue weighted by Gasteiger charge is 2.23. The second kappa shape index (κ2) is 8.40. The van der Waals surface area contributed by atoms with E-state index in [0.717, 1.165) is 51.4 Å². The molecule has 0 N–H and O–H groups in total. The standard InChI is InChI=1S/C21H29N3O3/c1-26-17-5-6-19-20(12-17)22-15-24(21(19)25)13-16-7-9-23(10-8-16)14-18-4-2-3-11-27-18/h5-6,12,15-16,18H,2-4,7-11,13-14H2,1H3. The number of benzene rings is 1. The summed E-state index contributed by atoms with van der Waals surface area (Å²) < 4.78 is 12.9. The van der Waals surface area contributed by atoms with Gasteiger partial charge in [0.1, 0.15) is 5.75 Å². The second-order valence-corrected chi connectivity index (χ2v) is 7.82. The van der Waals surface area contributed by atoms with Gasteiger partial charge in [-0.15, -0.1) is 0 Å². The zero-order valence-electron chi connectivity index (χ0n) is 16.1. The van der Waals surface area contributed by atoms with Gasteiger partial charge in [0.05, 0.1) is 30.4 Å². The van der Waals surface area contributed by atoms with Crippen LogP contribution in [0.1, 0.15) is 32.1 Å². The van der Waals surface area contributed by atoms with E-state index in [4.69, 9.17) is 9.47 Å². The normalized spacial score (nSPS) is 22.2. The Labute approximate surface area is 160 Å². The van der Waals surface area contributed by atoms with Crippen molar-refractivity contribution in [1.82, 2.24) is 14.5 Å². The van der Waals surface area contributed by atoms with Gasteiger partial charge >= 0.3 is 0 Å². The number of fused-ring (bicyclic) bond motifs is 1. The lowest BCUT2D eigenvalue weighted by Crippen LogP contribution is -2.41. The Kier molecular flexibility index (Phi) is 5.74. The van der Waals surface area contributed by atoms with E-state index in [1.165, 1.54) is 19.3 Å². The lowest BCUT2D eigenvalue weighted by Gasteiger charge is -2.35. The maximum absolute atomic E-state index is 12.8. The highest BCUT2D eigenvalue weighted by molar-refractivity contribution is 5.78. The average Bonchev–Trinajstić information content (AvgIpc) is 2.72. The molecule has 0 saturated carbocycles. The molecule has 2 aliphatic rings. The Hall–Kier alpha value is -1.92. The van der Waals surface area contributed by atoms with E-state index < -0.39 is 0 Å². The summed E-state index contributed by atoms with van der Waals surface area (Å²) in [5, 5.41) is 0.658. The molecule has 6 nitrogen and oxygen atoms in total. The van der Waals surface area contributed by atoms with Crippen LogP contribution in [0.5, 0.6) is 5.75 Å². The zero-order valence-corrected chi connectivity index (χ0v) is 16.1. The second-order valence-electron chi connectivity index (χ2n) is 7.82. The smallest absolute Gasteiger partial charge is 0.261 e. The van der Waals surface area contributed by atoms with Gasteiger partial charge in [-0.25, -0.2) is 4.98 Å². The van der Waals surface area contributed by atoms with Crippen LogP contribution in [-0.2, 0) is 11.3 Å². The summed E-state index contributed by atoms with van der Waals surface area (Å²) in [4.78, 5) is 19.8. The number of hydrogen-bond acceptors (Lipinski definition) is 5. The van der Waals surface area contributed by atoms with Crippen LogP contribution in [0.3, 0.4) is 0 Å². The van der Waals surface area contributed by atoms with Gasteiger partial charge in [-0.2, -0.15) is 0 Å². The molecule has 1 aromatic heterocycles. The lowest BCUT2D eigenvalue weighted by atomic mass is 9.96. The van der Waals surface area contributed by atoms with E-state index in [1.54, 1.807) is 18.0 Å². The van der Waals surface area contributed by atoms with Gasteiger partial charge in [-0.1, -0.05) is 0 Å². The lowest BCUT2D eigenvalue weighted by molar-refractivity contribution is -0.0117. The molecule has 1 aromatic carbocycles. The van der Waals surface area contributed by atoms with E-state index in [1.807, 2.05) is 18.2 Å². The number of methoxy groups -OCH3 is 1. The molecule has 2 saturated heterocycles. The van der Waals surface area contributed by atoms with Gasteiger partial charge < -0.3 is 14.4 Å². The molecule has 27 heavy (non-hydrogen) atoms. The molecule has 1 atom stereocenters. The van der Waals surface area contributed by atoms with Crippen molar-refractivity contribution in [3.8, 4) is 5.75 Å². The van der Waals surface area contributed by atoms with Gasteiger partial charge in [0.25, 0.3) is 5.56 Å². The fraction of sp³-hybridized carbons (Fsp3) is 0.619. The molecule has 3 heterocycles. The molecule has 2 aromatic rings. The number of likely N-dealkylation sites (tertiary alicyclic amines) is 1. The molecule has 0 bridgehead atoms. The molecule has 1 unspecified atom stereocenters. The molecule has 4 rings (SSSR count). The minimum absolute atomic E-state index is 0.0423. The van der Waals surface area contributed by atoms with Crippen molar-refractivity contribution in [3.63, 3.8) is 0 Å². The third-order valence-electron chi connectivity index (χ3n) is 5.93. The number of rotatable bonds is 5. The Morgan fingerprint density at radius 3 is 2.78 bits per heavy atom. The van der Waals surface area contributed by atoms with Gasteiger partial charge in [0.2, 0.25) is 0 Å². The summed E-state index contributed by atoms with van der Waals surface area (Å²) in [6, 6.07) is 5.45. The molecule has 2 aliphatic heterocycles. The van der Waals surface area contributed by atoms with E-state index in [9.17, 15) is 4.79 Å². The number of hydrogen-bond donors (Lipinski definition) is 0. The minimum Gasteiger partial charge on any atom is -0.497 e. The molecule has 0 aliphatic carbocycles. The van der Waals surface area contributed by atoms with Crippen molar-refractivity contribution >= 4 is 10.9 Å². The van der Waals surface area contributed by atoms with Crippen molar-refractivity contribution < 1.29 is 9.47 Å². The maximum Gasteiger partial charge on any atom is 0.261 e. The van der Waals surface area contributed by atoms with Crippen molar-refractivity contribution in [1.29, 1.82) is 0 Å². The van der Waals surface area contributed by atoms with Crippen LogP contribution in [0.25, 0.3) is 10.9 Å². The summed E-state index contributed by atoms with van der Waals surface area (Å²) in [6.45, 7) is 4.92. The van der Waals surface area contributed by atoms with Crippen LogP contribution in [0, 0.1) is 5.92 Å². The van der Waals surface area contributed by atoms with E-state index >= 15 is 0 Å². The first-order valence-electron chi connectivity index (χ1n) is 10.1. The summed E-state index contributed by atoms with van der Waals surface area (Å²) in [6.07, 6.45) is 8.05. The number of aromatic nitrogens is 2. The molecule has 6 heteroatoms. The van der Waals surface area contributed by atoms with Crippen molar-refractivity contribution in [2.45, 2.75) is 44.8 Å². The number of ether oxygens (including phenoxy) is 2. The molecule has 0 amide bonds. The van der Waals surface area contributed by atoms with Crippen LogP contribution in [-0.4, -0.2) is 53.9 Å². The topological polar surface area (TPSA) is 56.6 Å². The molecular weight excluding hydrogens is 342 g/mol. The van der Waals surface area contributed by atoms with Crippen LogP contribution in [0.15, 0.2) is 29.3 Å². The van der Waals surface area contributed by atoms with E-state index in [2.05, 4.69) is 9.88 Å². The van der Waals surface area contributed by atoms with Gasteiger partial charge in [0, 0.05) is 25.8 Å². The van der Waals surface area contributed by atoms with Gasteiger partial charge in [-0.05, 0) is 63.2 Å². The van der Waals surface area contributed by atoms with Gasteiger partial charge in [-0.3, -0.25) is 9.36 Å². The monoisotopic (exact) mass is 371 g/mol. The molecular formula is C21H29N3O3. The Bertz CT molecular complexity index is 821. The van der Waals surface area contributed by atoms with Crippen molar-refractivity contribution in [2.75, 3.05) is 33.4 Å². The predicted octanol–water partition coefficient (Wildman–Crippen LogP) is 2.69. The maximum atomic E-state index is 12.8. The third kappa shape index (κ3) is 4.33. The first-order valence-corrected chi connectivity index (χ1v) is 10.1. The molecule has 2 fully saturated rings. The fourth-order valence-corrected chi connectivity index (χ4v) is 4.26. The van der Waals surface area contributed by atoms with Crippen molar-refractivity contribution in [2.24, 2.45) is 5.92 Å². The fourth-order valence-electron chi connectivity index (χ4n) is 4.26. The minimum atomic E-state index is 0.0423. The molecule has 0 radical (unpaired) electrons. The Morgan fingerprint density at radius 2 is 2.04 bits per heavy atom. The average molecular weight is 371 g/mol. The quantitative estimate of drug-likeness (QED) is 0.809. The summed E-state index contributed by atoms with van der Waals surface area (Å²) in [5.74, 6) is 1.25. The van der Waals surface area contributed by atoms with Crippen LogP contribution >= 0.6 is 0 Å². The van der Waals surface area contributed by atoms with Crippen molar-refractivity contribution in [3.05, 3.63) is 34.9 Å². The summed E-state index contributed by atoms with van der Waals surface area (Å²) in [7, 11) is 1.62. The zero-order chi connectivity index (χ0) is 18.6. The Morgan fingerprint density at radius 1 is 1.19 bits per heavy atom. The predicted molar refractivity (Wildman–Crippen MR) is 105 cm³/mol. The van der Waals surface area contributed by atoms with E-state index in [0.29, 0.717) is 22.9 Å². The molecule has 146 valence electrons. The van der Waals surface area contributed by atoms with Crippen LogP contribution < -0.4 is 10.3 Å². The summed E-state index contributed by atoms with van der Waals surface area (Å²) in [5.41, 5.74) is 0.735. The Balaban J connectivity index is 1.36. The SMILES string of the molecule is COc1ccc2c(=O)n(CC3CCN(CC4CCCCO4)CC3)cnc2c1. The first-order chi connectivity index (χ1) is 13.2. The molecule has 0 spiro atoms. The van der Waals surface area contributed by atoms with Crippen LogP contribution in [0.4, 0.5) is 0 Å². The first kappa shape index (κ1) is 18.4. The highest BCUT2D eigenvalue weighted by Crippen LogP contribution is 2.22. The number of nitrogens with zero attached hydrogens (tertiary/aromatic N) is 3. The van der Waals surface area contributed by atoms with Gasteiger partial charge in [0.15, 0.2) is 0 Å². The third-order valence-corrected chi connectivity index (χ3v) is 5.93. The van der Waals surface area contributed by atoms with E-state index in [-0.39, 0.29) is 5.56 Å². The summed E-state index contributed by atoms with van der Waals surface area (Å²) >= 11 is 0. The highest BCUT2D eigenvalue weighted by atomic mass is 16.5. The van der Waals surface area contributed by atoms with Crippen LogP contribution in [0.2, 0.25) is 0 Å². The number of piperidine rings is 1. The largest absolute Gasteiger partial charge is 0.497 e.